The number of rotatable bonds is 4. The summed E-state index contributed by atoms with van der Waals surface area (Å²) in [4.78, 5) is 22.7. The average Bonchev–Trinajstić information content (AvgIpc) is 2.25. The van der Waals surface area contributed by atoms with Gasteiger partial charge in [0.2, 0.25) is 0 Å². The van der Waals surface area contributed by atoms with Crippen LogP contribution in [0.4, 0.5) is 0 Å². The lowest BCUT2D eigenvalue weighted by Gasteiger charge is -2.12. The van der Waals surface area contributed by atoms with Gasteiger partial charge in [-0.1, -0.05) is 22.0 Å². The summed E-state index contributed by atoms with van der Waals surface area (Å²) < 4.78 is 0.781. The zero-order valence-corrected chi connectivity index (χ0v) is 10.3. The summed E-state index contributed by atoms with van der Waals surface area (Å²) in [5.41, 5.74) is 0.439. The molecule has 0 heterocycles. The van der Waals surface area contributed by atoms with Gasteiger partial charge >= 0.3 is 0 Å². The van der Waals surface area contributed by atoms with E-state index in [2.05, 4.69) is 21.2 Å². The molecule has 1 atom stereocenters. The topological polar surface area (TPSA) is 66.4 Å². The van der Waals surface area contributed by atoms with Gasteiger partial charge in [0.05, 0.1) is 6.61 Å². The van der Waals surface area contributed by atoms with Crippen molar-refractivity contribution < 1.29 is 14.7 Å². The van der Waals surface area contributed by atoms with Crippen LogP contribution in [0, 0.1) is 0 Å². The van der Waals surface area contributed by atoms with Gasteiger partial charge < -0.3 is 10.4 Å². The van der Waals surface area contributed by atoms with Crippen LogP contribution in [0.2, 0.25) is 0 Å². The minimum Gasteiger partial charge on any atom is -0.394 e. The third kappa shape index (κ3) is 3.43. The Bertz CT molecular complexity index is 406. The lowest BCUT2D eigenvalue weighted by atomic mass is 10.1. The molecular weight excluding hydrogens is 274 g/mol. The third-order valence-corrected chi connectivity index (χ3v) is 2.56. The maximum absolute atomic E-state index is 11.7. The Hall–Kier alpha value is -1.20. The molecule has 0 bridgehead atoms. The van der Waals surface area contributed by atoms with Gasteiger partial charge in [-0.3, -0.25) is 9.59 Å². The lowest BCUT2D eigenvalue weighted by Crippen LogP contribution is -2.42. The van der Waals surface area contributed by atoms with E-state index in [-0.39, 0.29) is 11.7 Å². The number of aliphatic hydroxyl groups excluding tert-OH is 1. The van der Waals surface area contributed by atoms with Gasteiger partial charge in [0.15, 0.2) is 5.78 Å². The second kappa shape index (κ2) is 5.77. The molecule has 1 aromatic carbocycles. The van der Waals surface area contributed by atoms with Crippen molar-refractivity contribution in [2.24, 2.45) is 0 Å². The average molecular weight is 286 g/mol. The first-order chi connectivity index (χ1) is 7.54. The van der Waals surface area contributed by atoms with Crippen LogP contribution >= 0.6 is 15.9 Å². The molecule has 4 nitrogen and oxygen atoms in total. The van der Waals surface area contributed by atoms with Crippen LogP contribution in [0.3, 0.4) is 0 Å². The molecule has 5 heteroatoms. The van der Waals surface area contributed by atoms with Gasteiger partial charge in [-0.05, 0) is 25.1 Å². The number of amides is 1. The summed E-state index contributed by atoms with van der Waals surface area (Å²) in [5, 5.41) is 11.4. The quantitative estimate of drug-likeness (QED) is 0.872. The zero-order valence-electron chi connectivity index (χ0n) is 8.74. The summed E-state index contributed by atoms with van der Waals surface area (Å²) in [7, 11) is 0. The molecule has 1 amide bonds. The first kappa shape index (κ1) is 12.9. The molecule has 16 heavy (non-hydrogen) atoms. The van der Waals surface area contributed by atoms with Crippen LogP contribution in [0.1, 0.15) is 17.3 Å². The summed E-state index contributed by atoms with van der Waals surface area (Å²) in [5.74, 6) is -0.651. The molecular formula is C11H12BrNO3. The number of ketones is 1. The number of Topliss-reactive ketones (excluding diaryl/α,β-unsaturated/α-hetero) is 1. The van der Waals surface area contributed by atoms with E-state index in [1.807, 2.05) is 0 Å². The Morgan fingerprint density at radius 2 is 2.19 bits per heavy atom. The lowest BCUT2D eigenvalue weighted by molar-refractivity contribution is -0.119. The van der Waals surface area contributed by atoms with Crippen LogP contribution in [0.5, 0.6) is 0 Å². The van der Waals surface area contributed by atoms with Crippen molar-refractivity contribution in [2.45, 2.75) is 13.0 Å². The number of carbonyl (C=O) groups is 2. The molecule has 0 aliphatic rings. The Labute approximate surface area is 102 Å². The molecule has 0 radical (unpaired) electrons. The fraction of sp³-hybridized carbons (Fsp3) is 0.273. The van der Waals surface area contributed by atoms with Crippen molar-refractivity contribution in [3.8, 4) is 0 Å². The van der Waals surface area contributed by atoms with Gasteiger partial charge in [0.1, 0.15) is 6.04 Å². The number of hydrogen-bond donors (Lipinski definition) is 2. The number of halogens is 1. The molecule has 0 aliphatic heterocycles. The van der Waals surface area contributed by atoms with E-state index in [0.717, 1.165) is 4.47 Å². The summed E-state index contributed by atoms with van der Waals surface area (Å²) >= 11 is 3.25. The number of benzene rings is 1. The highest BCUT2D eigenvalue weighted by Gasteiger charge is 2.16. The normalized spacial score (nSPS) is 11.9. The van der Waals surface area contributed by atoms with Crippen LogP contribution in [0.15, 0.2) is 28.7 Å². The van der Waals surface area contributed by atoms with Crippen molar-refractivity contribution >= 4 is 27.6 Å². The molecule has 0 fully saturated rings. The summed E-state index contributed by atoms with van der Waals surface area (Å²) in [6.07, 6.45) is 0. The van der Waals surface area contributed by atoms with Crippen molar-refractivity contribution in [1.82, 2.24) is 5.32 Å². The van der Waals surface area contributed by atoms with Crippen LogP contribution in [-0.4, -0.2) is 29.4 Å². The Morgan fingerprint density at radius 1 is 1.50 bits per heavy atom. The fourth-order valence-corrected chi connectivity index (χ4v) is 1.55. The molecule has 0 unspecified atom stereocenters. The van der Waals surface area contributed by atoms with E-state index in [0.29, 0.717) is 5.56 Å². The maximum Gasteiger partial charge on any atom is 0.251 e. The minimum absolute atomic E-state index is 0.272. The SMILES string of the molecule is CC(=O)[C@H](CO)NC(=O)c1cccc(Br)c1. The Kier molecular flexibility index (Phi) is 4.64. The van der Waals surface area contributed by atoms with Crippen molar-refractivity contribution in [1.29, 1.82) is 0 Å². The van der Waals surface area contributed by atoms with Crippen molar-refractivity contribution in [3.05, 3.63) is 34.3 Å². The monoisotopic (exact) mass is 285 g/mol. The molecule has 0 spiro atoms. The van der Waals surface area contributed by atoms with Crippen LogP contribution in [0.25, 0.3) is 0 Å². The van der Waals surface area contributed by atoms with E-state index >= 15 is 0 Å². The standard InChI is InChI=1S/C11H12BrNO3/c1-7(15)10(6-14)13-11(16)8-3-2-4-9(12)5-8/h2-5,10,14H,6H2,1H3,(H,13,16)/t10-/m0/s1. The smallest absolute Gasteiger partial charge is 0.251 e. The molecule has 86 valence electrons. The fourth-order valence-electron chi connectivity index (χ4n) is 1.15. The van der Waals surface area contributed by atoms with E-state index in [4.69, 9.17) is 5.11 Å². The predicted octanol–water partition coefficient (Wildman–Crippen LogP) is 1.13. The molecule has 0 saturated heterocycles. The highest BCUT2D eigenvalue weighted by atomic mass is 79.9. The van der Waals surface area contributed by atoms with Gasteiger partial charge in [0.25, 0.3) is 5.91 Å². The number of aliphatic hydroxyl groups is 1. The predicted molar refractivity (Wildman–Crippen MR) is 63.2 cm³/mol. The Balaban J connectivity index is 2.75. The van der Waals surface area contributed by atoms with Gasteiger partial charge in [0, 0.05) is 10.0 Å². The summed E-state index contributed by atoms with van der Waals surface area (Å²) in [6.45, 7) is 0.928. The van der Waals surface area contributed by atoms with Gasteiger partial charge in [-0.15, -0.1) is 0 Å². The minimum atomic E-state index is -0.841. The highest BCUT2D eigenvalue weighted by molar-refractivity contribution is 9.10. The van der Waals surface area contributed by atoms with Crippen LogP contribution < -0.4 is 5.32 Å². The molecule has 2 N–H and O–H groups in total. The molecule has 0 aliphatic carbocycles. The number of hydrogen-bond acceptors (Lipinski definition) is 3. The Morgan fingerprint density at radius 3 is 2.69 bits per heavy atom. The molecule has 1 rings (SSSR count). The first-order valence-electron chi connectivity index (χ1n) is 4.72. The van der Waals surface area contributed by atoms with Gasteiger partial charge in [-0.25, -0.2) is 0 Å². The first-order valence-corrected chi connectivity index (χ1v) is 5.51. The molecule has 0 saturated carbocycles. The van der Waals surface area contributed by atoms with E-state index in [9.17, 15) is 9.59 Å². The molecule has 0 aromatic heterocycles. The largest absolute Gasteiger partial charge is 0.394 e. The van der Waals surface area contributed by atoms with Crippen LogP contribution in [-0.2, 0) is 4.79 Å². The highest BCUT2D eigenvalue weighted by Crippen LogP contribution is 2.11. The molecule has 1 aromatic rings. The zero-order chi connectivity index (χ0) is 12.1. The second-order valence-electron chi connectivity index (χ2n) is 3.33. The third-order valence-electron chi connectivity index (χ3n) is 2.07. The number of nitrogens with one attached hydrogen (secondary N) is 1. The summed E-state index contributed by atoms with van der Waals surface area (Å²) in [6, 6.07) is 5.95. The second-order valence-corrected chi connectivity index (χ2v) is 4.25. The maximum atomic E-state index is 11.7. The van der Waals surface area contributed by atoms with E-state index in [1.54, 1.807) is 24.3 Å². The number of carbonyl (C=O) groups excluding carboxylic acids is 2. The van der Waals surface area contributed by atoms with Gasteiger partial charge in [-0.2, -0.15) is 0 Å². The van der Waals surface area contributed by atoms with E-state index < -0.39 is 12.6 Å². The van der Waals surface area contributed by atoms with Crippen molar-refractivity contribution in [3.63, 3.8) is 0 Å². The van der Waals surface area contributed by atoms with E-state index in [1.165, 1.54) is 6.92 Å². The van der Waals surface area contributed by atoms with Crippen molar-refractivity contribution in [2.75, 3.05) is 6.61 Å².